The van der Waals surface area contributed by atoms with Crippen LogP contribution in [0.15, 0.2) is 29.2 Å². The maximum Gasteiger partial charge on any atom is 0.338 e. The zero-order chi connectivity index (χ0) is 14.1. The number of hydrogen-bond acceptors (Lipinski definition) is 4. The van der Waals surface area contributed by atoms with E-state index in [1.807, 2.05) is 12.1 Å². The molecule has 19 heavy (non-hydrogen) atoms. The highest BCUT2D eigenvalue weighted by Crippen LogP contribution is 2.22. The summed E-state index contributed by atoms with van der Waals surface area (Å²) in [6.45, 7) is 2.78. The van der Waals surface area contributed by atoms with E-state index in [2.05, 4.69) is 12.2 Å². The predicted molar refractivity (Wildman–Crippen MR) is 76.4 cm³/mol. The largest absolute Gasteiger partial charge is 0.465 e. The number of ether oxygens (including phenoxy) is 1. The molecule has 0 saturated heterocycles. The van der Waals surface area contributed by atoms with Crippen LogP contribution in [-0.4, -0.2) is 31.3 Å². The van der Waals surface area contributed by atoms with E-state index in [0.717, 1.165) is 17.7 Å². The van der Waals surface area contributed by atoms with Crippen LogP contribution in [0.2, 0.25) is 0 Å². The van der Waals surface area contributed by atoms with Crippen molar-refractivity contribution < 1.29 is 14.3 Å². The van der Waals surface area contributed by atoms with Crippen molar-refractivity contribution in [1.29, 1.82) is 0 Å². The molecule has 0 saturated carbocycles. The smallest absolute Gasteiger partial charge is 0.338 e. The highest BCUT2D eigenvalue weighted by molar-refractivity contribution is 8.00. The molecule has 104 valence electrons. The second kappa shape index (κ2) is 8.58. The van der Waals surface area contributed by atoms with Gasteiger partial charge in [0.05, 0.1) is 18.4 Å². The molecule has 0 spiro atoms. The van der Waals surface area contributed by atoms with E-state index in [4.69, 9.17) is 4.74 Å². The average Bonchev–Trinajstić information content (AvgIpc) is 2.45. The number of benzene rings is 1. The lowest BCUT2D eigenvalue weighted by Gasteiger charge is -2.07. The molecule has 1 aromatic carbocycles. The summed E-state index contributed by atoms with van der Waals surface area (Å²) in [7, 11) is 1.35. The first kappa shape index (κ1) is 15.6. The molecule has 0 aliphatic carbocycles. The van der Waals surface area contributed by atoms with Crippen molar-refractivity contribution in [2.24, 2.45) is 0 Å². The molecular weight excluding hydrogens is 262 g/mol. The van der Waals surface area contributed by atoms with Crippen LogP contribution in [0, 0.1) is 0 Å². The van der Waals surface area contributed by atoms with Crippen LogP contribution in [0.3, 0.4) is 0 Å². The van der Waals surface area contributed by atoms with Crippen molar-refractivity contribution in [2.45, 2.75) is 24.7 Å². The standard InChI is InChI=1S/C14H19NO3S/c1-3-4-9-15-13(16)10-19-12-8-6-5-7-11(12)14(17)18-2/h5-8H,3-4,9-10H2,1-2H3,(H,15,16). The molecule has 1 N–H and O–H groups in total. The molecule has 0 heterocycles. The molecule has 0 fully saturated rings. The molecular formula is C14H19NO3S. The van der Waals surface area contributed by atoms with Crippen molar-refractivity contribution in [3.8, 4) is 0 Å². The first-order valence-corrected chi connectivity index (χ1v) is 7.24. The Kier molecular flexibility index (Phi) is 7.03. The highest BCUT2D eigenvalue weighted by atomic mass is 32.2. The Labute approximate surface area is 117 Å². The average molecular weight is 281 g/mol. The van der Waals surface area contributed by atoms with Gasteiger partial charge in [-0.15, -0.1) is 11.8 Å². The lowest BCUT2D eigenvalue weighted by atomic mass is 10.2. The topological polar surface area (TPSA) is 55.4 Å². The Balaban J connectivity index is 2.53. The summed E-state index contributed by atoms with van der Waals surface area (Å²) in [6.07, 6.45) is 2.04. The van der Waals surface area contributed by atoms with E-state index in [1.54, 1.807) is 12.1 Å². The predicted octanol–water partition coefficient (Wildman–Crippen LogP) is 2.48. The molecule has 1 rings (SSSR count). The van der Waals surface area contributed by atoms with Crippen LogP contribution in [0.25, 0.3) is 0 Å². The van der Waals surface area contributed by atoms with Gasteiger partial charge in [-0.2, -0.15) is 0 Å². The number of amides is 1. The summed E-state index contributed by atoms with van der Waals surface area (Å²) < 4.78 is 4.71. The number of methoxy groups -OCH3 is 1. The van der Waals surface area contributed by atoms with Crippen LogP contribution in [-0.2, 0) is 9.53 Å². The van der Waals surface area contributed by atoms with Crippen LogP contribution in [0.4, 0.5) is 0 Å². The minimum Gasteiger partial charge on any atom is -0.465 e. The van der Waals surface area contributed by atoms with E-state index < -0.39 is 0 Å². The Morgan fingerprint density at radius 2 is 2.05 bits per heavy atom. The Hall–Kier alpha value is -1.49. The highest BCUT2D eigenvalue weighted by Gasteiger charge is 2.12. The number of thioether (sulfide) groups is 1. The molecule has 0 unspecified atom stereocenters. The third kappa shape index (κ3) is 5.34. The SMILES string of the molecule is CCCCNC(=O)CSc1ccccc1C(=O)OC. The summed E-state index contributed by atoms with van der Waals surface area (Å²) in [5, 5.41) is 2.84. The molecule has 4 nitrogen and oxygen atoms in total. The van der Waals surface area contributed by atoms with Gasteiger partial charge in [0.2, 0.25) is 5.91 Å². The summed E-state index contributed by atoms with van der Waals surface area (Å²) in [4.78, 5) is 23.9. The van der Waals surface area contributed by atoms with Crippen LogP contribution in [0.5, 0.6) is 0 Å². The maximum atomic E-state index is 11.6. The van der Waals surface area contributed by atoms with E-state index >= 15 is 0 Å². The quantitative estimate of drug-likeness (QED) is 0.474. The van der Waals surface area contributed by atoms with Crippen LogP contribution < -0.4 is 5.32 Å². The van der Waals surface area contributed by atoms with Crippen molar-refractivity contribution >= 4 is 23.6 Å². The van der Waals surface area contributed by atoms with Gasteiger partial charge in [-0.3, -0.25) is 4.79 Å². The van der Waals surface area contributed by atoms with Crippen LogP contribution in [0.1, 0.15) is 30.1 Å². The van der Waals surface area contributed by atoms with Crippen molar-refractivity contribution in [1.82, 2.24) is 5.32 Å². The van der Waals surface area contributed by atoms with Gasteiger partial charge in [-0.1, -0.05) is 25.5 Å². The Morgan fingerprint density at radius 3 is 2.74 bits per heavy atom. The normalized spacial score (nSPS) is 10.0. The third-order valence-corrected chi connectivity index (χ3v) is 3.58. The number of carbonyl (C=O) groups is 2. The van der Waals surface area contributed by atoms with Crippen molar-refractivity contribution in [3.63, 3.8) is 0 Å². The zero-order valence-corrected chi connectivity index (χ0v) is 12.1. The molecule has 0 atom stereocenters. The summed E-state index contributed by atoms with van der Waals surface area (Å²) in [5.41, 5.74) is 0.497. The summed E-state index contributed by atoms with van der Waals surface area (Å²) in [5.74, 6) is -0.0924. The fourth-order valence-corrected chi connectivity index (χ4v) is 2.34. The molecule has 5 heteroatoms. The minimum atomic E-state index is -0.380. The van der Waals surface area contributed by atoms with Gasteiger partial charge in [-0.05, 0) is 18.6 Å². The summed E-state index contributed by atoms with van der Waals surface area (Å²) in [6, 6.07) is 7.13. The van der Waals surface area contributed by atoms with Crippen molar-refractivity contribution in [2.75, 3.05) is 19.4 Å². The number of carbonyl (C=O) groups excluding carboxylic acids is 2. The number of esters is 1. The monoisotopic (exact) mass is 281 g/mol. The van der Waals surface area contributed by atoms with Gasteiger partial charge < -0.3 is 10.1 Å². The maximum absolute atomic E-state index is 11.6. The first-order chi connectivity index (χ1) is 9.19. The molecule has 0 aliphatic rings. The van der Waals surface area contributed by atoms with E-state index in [0.29, 0.717) is 17.9 Å². The zero-order valence-electron chi connectivity index (χ0n) is 11.3. The van der Waals surface area contributed by atoms with E-state index in [1.165, 1.54) is 18.9 Å². The van der Waals surface area contributed by atoms with Gasteiger partial charge in [0.25, 0.3) is 0 Å². The van der Waals surface area contributed by atoms with E-state index in [-0.39, 0.29) is 11.9 Å². The van der Waals surface area contributed by atoms with Gasteiger partial charge in [0.1, 0.15) is 0 Å². The third-order valence-electron chi connectivity index (χ3n) is 2.50. The Bertz CT molecular complexity index is 434. The molecule has 1 amide bonds. The number of nitrogens with one attached hydrogen (secondary N) is 1. The second-order valence-electron chi connectivity index (χ2n) is 3.98. The van der Waals surface area contributed by atoms with Gasteiger partial charge in [0.15, 0.2) is 0 Å². The number of rotatable bonds is 7. The van der Waals surface area contributed by atoms with Crippen molar-refractivity contribution in [3.05, 3.63) is 29.8 Å². The molecule has 0 aromatic heterocycles. The first-order valence-electron chi connectivity index (χ1n) is 6.25. The van der Waals surface area contributed by atoms with Gasteiger partial charge in [0, 0.05) is 11.4 Å². The van der Waals surface area contributed by atoms with Crippen LogP contribution >= 0.6 is 11.8 Å². The van der Waals surface area contributed by atoms with Gasteiger partial charge in [-0.25, -0.2) is 4.79 Å². The summed E-state index contributed by atoms with van der Waals surface area (Å²) >= 11 is 1.34. The molecule has 0 radical (unpaired) electrons. The van der Waals surface area contributed by atoms with E-state index in [9.17, 15) is 9.59 Å². The number of hydrogen-bond donors (Lipinski definition) is 1. The lowest BCUT2D eigenvalue weighted by Crippen LogP contribution is -2.26. The van der Waals surface area contributed by atoms with Gasteiger partial charge >= 0.3 is 5.97 Å². The minimum absolute atomic E-state index is 0.0156. The second-order valence-corrected chi connectivity index (χ2v) is 5.00. The molecule has 1 aromatic rings. The molecule has 0 bridgehead atoms. The number of unbranched alkanes of at least 4 members (excludes halogenated alkanes) is 1. The Morgan fingerprint density at radius 1 is 1.32 bits per heavy atom. The molecule has 0 aliphatic heterocycles. The lowest BCUT2D eigenvalue weighted by molar-refractivity contribution is -0.118. The fraction of sp³-hybridized carbons (Fsp3) is 0.429. The fourth-order valence-electron chi connectivity index (χ4n) is 1.47.